The number of alkyl halides is 1. The van der Waals surface area contributed by atoms with E-state index in [2.05, 4.69) is 4.98 Å². The van der Waals surface area contributed by atoms with E-state index in [0.29, 0.717) is 5.69 Å². The smallest absolute Gasteiger partial charge is 0.347 e. The maximum absolute atomic E-state index is 13.3. The third-order valence-electron chi connectivity index (χ3n) is 1.50. The van der Waals surface area contributed by atoms with Gasteiger partial charge in [0, 0.05) is 0 Å². The molecule has 0 bridgehead atoms. The fraction of sp³-hybridized carbons (Fsp3) is 0.500. The molecule has 0 aliphatic rings. The molecule has 1 N–H and O–H groups in total. The predicted molar refractivity (Wildman–Crippen MR) is 47.9 cm³/mol. The number of halogens is 1. The van der Waals surface area contributed by atoms with Gasteiger partial charge in [-0.15, -0.1) is 11.3 Å². The normalized spacial score (nSPS) is 11.7. The number of hydrogen-bond acceptors (Lipinski definition) is 3. The van der Waals surface area contributed by atoms with E-state index in [0.717, 1.165) is 11.3 Å². The van der Waals surface area contributed by atoms with Crippen LogP contribution in [0.3, 0.4) is 0 Å². The van der Waals surface area contributed by atoms with Gasteiger partial charge in [0.15, 0.2) is 5.67 Å². The van der Waals surface area contributed by atoms with E-state index in [1.807, 2.05) is 0 Å². The van der Waals surface area contributed by atoms with E-state index in [4.69, 9.17) is 5.11 Å². The van der Waals surface area contributed by atoms with Gasteiger partial charge in [0.2, 0.25) is 0 Å². The van der Waals surface area contributed by atoms with Gasteiger partial charge in [-0.2, -0.15) is 0 Å². The lowest BCUT2D eigenvalue weighted by molar-refractivity contribution is 0.0701. The Morgan fingerprint density at radius 3 is 2.38 bits per heavy atom. The van der Waals surface area contributed by atoms with Gasteiger partial charge in [0.1, 0.15) is 9.88 Å². The highest BCUT2D eigenvalue weighted by atomic mass is 32.1. The number of thiazole rings is 1. The molecule has 13 heavy (non-hydrogen) atoms. The van der Waals surface area contributed by atoms with Crippen LogP contribution in [0.1, 0.15) is 34.2 Å². The number of aromatic nitrogens is 1. The van der Waals surface area contributed by atoms with E-state index in [1.165, 1.54) is 13.8 Å². The summed E-state index contributed by atoms with van der Waals surface area (Å²) in [4.78, 5) is 14.6. The molecule has 5 heteroatoms. The first-order valence-electron chi connectivity index (χ1n) is 3.72. The fourth-order valence-electron chi connectivity index (χ4n) is 0.849. The van der Waals surface area contributed by atoms with Gasteiger partial charge in [0.05, 0.1) is 5.69 Å². The Hall–Kier alpha value is -0.970. The molecule has 72 valence electrons. The number of aryl methyl sites for hydroxylation is 1. The van der Waals surface area contributed by atoms with Crippen molar-refractivity contribution in [2.24, 2.45) is 0 Å². The second kappa shape index (κ2) is 3.06. The molecule has 0 amide bonds. The summed E-state index contributed by atoms with van der Waals surface area (Å²) in [7, 11) is 0. The standard InChI is InChI=1S/C8H10FNO2S/c1-4-5(6(11)12)13-7(10-4)8(2,3)9/h1-3H3,(H,11,12). The van der Waals surface area contributed by atoms with Crippen LogP contribution in [0.5, 0.6) is 0 Å². The first-order chi connectivity index (χ1) is 5.82. The van der Waals surface area contributed by atoms with Gasteiger partial charge >= 0.3 is 5.97 Å². The topological polar surface area (TPSA) is 50.2 Å². The van der Waals surface area contributed by atoms with E-state index in [1.54, 1.807) is 6.92 Å². The Bertz CT molecular complexity index is 340. The molecule has 0 saturated carbocycles. The third-order valence-corrected chi connectivity index (χ3v) is 2.94. The highest BCUT2D eigenvalue weighted by molar-refractivity contribution is 7.13. The van der Waals surface area contributed by atoms with Crippen molar-refractivity contribution >= 4 is 17.3 Å². The summed E-state index contributed by atoms with van der Waals surface area (Å²) in [6.07, 6.45) is 0. The van der Waals surface area contributed by atoms with Gasteiger partial charge in [-0.25, -0.2) is 14.2 Å². The number of carboxylic acids is 1. The minimum Gasteiger partial charge on any atom is -0.477 e. The molecule has 0 unspecified atom stereocenters. The Balaban J connectivity index is 3.17. The van der Waals surface area contributed by atoms with Crippen molar-refractivity contribution < 1.29 is 14.3 Å². The zero-order chi connectivity index (χ0) is 10.2. The van der Waals surface area contributed by atoms with E-state index in [9.17, 15) is 9.18 Å². The molecular weight excluding hydrogens is 193 g/mol. The number of carboxylic acid groups (broad SMARTS) is 1. The van der Waals surface area contributed by atoms with Crippen molar-refractivity contribution in [1.82, 2.24) is 4.98 Å². The first kappa shape index (κ1) is 10.1. The number of carbonyl (C=O) groups is 1. The van der Waals surface area contributed by atoms with Crippen molar-refractivity contribution in [2.45, 2.75) is 26.4 Å². The average molecular weight is 203 g/mol. The fourth-order valence-corrected chi connectivity index (χ4v) is 1.75. The second-order valence-electron chi connectivity index (χ2n) is 3.21. The molecule has 0 saturated heterocycles. The molecule has 3 nitrogen and oxygen atoms in total. The lowest BCUT2D eigenvalue weighted by Crippen LogP contribution is -2.07. The van der Waals surface area contributed by atoms with Crippen molar-refractivity contribution in [2.75, 3.05) is 0 Å². The molecule has 0 radical (unpaired) electrons. The predicted octanol–water partition coefficient (Wildman–Crippen LogP) is 2.35. The minimum atomic E-state index is -1.57. The minimum absolute atomic E-state index is 0.112. The van der Waals surface area contributed by atoms with Gasteiger partial charge in [-0.3, -0.25) is 0 Å². The molecular formula is C8H10FNO2S. The molecule has 0 aromatic carbocycles. The Kier molecular flexibility index (Phi) is 2.38. The maximum Gasteiger partial charge on any atom is 0.347 e. The number of hydrogen-bond donors (Lipinski definition) is 1. The average Bonchev–Trinajstić information content (AvgIpc) is 2.29. The molecule has 0 aliphatic heterocycles. The molecule has 1 aromatic heterocycles. The van der Waals surface area contributed by atoms with Crippen molar-refractivity contribution in [3.8, 4) is 0 Å². The molecule has 1 aromatic rings. The van der Waals surface area contributed by atoms with Crippen LogP contribution in [0.2, 0.25) is 0 Å². The molecule has 0 atom stereocenters. The summed E-state index contributed by atoms with van der Waals surface area (Å²) in [5.74, 6) is -1.05. The molecule has 1 rings (SSSR count). The third kappa shape index (κ3) is 2.03. The van der Waals surface area contributed by atoms with Crippen LogP contribution >= 0.6 is 11.3 Å². The van der Waals surface area contributed by atoms with Crippen molar-refractivity contribution in [3.05, 3.63) is 15.6 Å². The summed E-state index contributed by atoms with van der Waals surface area (Å²) in [5, 5.41) is 8.90. The summed E-state index contributed by atoms with van der Waals surface area (Å²) in [6, 6.07) is 0. The van der Waals surface area contributed by atoms with Crippen LogP contribution in [0, 0.1) is 6.92 Å². The van der Waals surface area contributed by atoms with Gasteiger partial charge in [0.25, 0.3) is 0 Å². The lowest BCUT2D eigenvalue weighted by atomic mass is 10.2. The summed E-state index contributed by atoms with van der Waals surface area (Å²) < 4.78 is 13.3. The maximum atomic E-state index is 13.3. The van der Waals surface area contributed by atoms with Gasteiger partial charge < -0.3 is 5.11 Å². The molecule has 0 spiro atoms. The van der Waals surface area contributed by atoms with Crippen LogP contribution < -0.4 is 0 Å². The number of aromatic carboxylic acids is 1. The quantitative estimate of drug-likeness (QED) is 0.802. The SMILES string of the molecule is Cc1nc(C(C)(C)F)sc1C(=O)O. The zero-order valence-electron chi connectivity index (χ0n) is 7.59. The van der Waals surface area contributed by atoms with Crippen LogP contribution in [0.25, 0.3) is 0 Å². The van der Waals surface area contributed by atoms with Gasteiger partial charge in [-0.1, -0.05) is 0 Å². The van der Waals surface area contributed by atoms with E-state index >= 15 is 0 Å². The zero-order valence-corrected chi connectivity index (χ0v) is 8.41. The summed E-state index contributed by atoms with van der Waals surface area (Å²) >= 11 is 0.889. The summed E-state index contributed by atoms with van der Waals surface area (Å²) in [5.41, 5.74) is -1.19. The van der Waals surface area contributed by atoms with E-state index < -0.39 is 11.6 Å². The Morgan fingerprint density at radius 1 is 1.62 bits per heavy atom. The van der Waals surface area contributed by atoms with Crippen LogP contribution in [0.4, 0.5) is 4.39 Å². The highest BCUT2D eigenvalue weighted by Gasteiger charge is 2.26. The lowest BCUT2D eigenvalue weighted by Gasteiger charge is -2.08. The van der Waals surface area contributed by atoms with E-state index in [-0.39, 0.29) is 9.88 Å². The number of nitrogens with zero attached hydrogens (tertiary/aromatic N) is 1. The molecule has 1 heterocycles. The Morgan fingerprint density at radius 2 is 2.15 bits per heavy atom. The van der Waals surface area contributed by atoms with Crippen LogP contribution in [0.15, 0.2) is 0 Å². The first-order valence-corrected chi connectivity index (χ1v) is 4.54. The Labute approximate surface area is 79.2 Å². The van der Waals surface area contributed by atoms with Crippen molar-refractivity contribution in [3.63, 3.8) is 0 Å². The molecule has 0 aliphatic carbocycles. The van der Waals surface area contributed by atoms with Crippen LogP contribution in [-0.4, -0.2) is 16.1 Å². The highest BCUT2D eigenvalue weighted by Crippen LogP contribution is 2.30. The largest absolute Gasteiger partial charge is 0.477 e. The number of rotatable bonds is 2. The van der Waals surface area contributed by atoms with Crippen LogP contribution in [-0.2, 0) is 5.67 Å². The van der Waals surface area contributed by atoms with Gasteiger partial charge in [-0.05, 0) is 20.8 Å². The molecule has 0 fully saturated rings. The monoisotopic (exact) mass is 203 g/mol. The van der Waals surface area contributed by atoms with Crippen molar-refractivity contribution in [1.29, 1.82) is 0 Å². The summed E-state index contributed by atoms with van der Waals surface area (Å²) in [6.45, 7) is 4.28. The second-order valence-corrected chi connectivity index (χ2v) is 4.21.